The second-order valence-electron chi connectivity index (χ2n) is 5.73. The van der Waals surface area contributed by atoms with Gasteiger partial charge in [0.15, 0.2) is 5.16 Å². The van der Waals surface area contributed by atoms with E-state index in [-0.39, 0.29) is 0 Å². The van der Waals surface area contributed by atoms with Crippen molar-refractivity contribution in [3.63, 3.8) is 0 Å². The third-order valence-corrected chi connectivity index (χ3v) is 5.49. The first-order valence-corrected chi connectivity index (χ1v) is 9.93. The highest BCUT2D eigenvalue weighted by Crippen LogP contribution is 2.28. The molecule has 4 nitrogen and oxygen atoms in total. The van der Waals surface area contributed by atoms with Gasteiger partial charge in [0.1, 0.15) is 5.82 Å². The Morgan fingerprint density at radius 3 is 2.62 bits per heavy atom. The van der Waals surface area contributed by atoms with Gasteiger partial charge in [0.2, 0.25) is 0 Å². The van der Waals surface area contributed by atoms with Gasteiger partial charge in [-0.3, -0.25) is 0 Å². The van der Waals surface area contributed by atoms with E-state index in [0.717, 1.165) is 23.0 Å². The van der Waals surface area contributed by atoms with Gasteiger partial charge in [0.25, 0.3) is 0 Å². The standard InChI is InChI=1S/C19H19Cl2N3OS/c1-25-10-9-24-18(11-14-5-3-2-4-6-14)22-23-19(24)26-13-15-7-8-16(20)12-17(15)21/h2-8,12H,9-11,13H2,1H3. The number of hydrogen-bond acceptors (Lipinski definition) is 4. The molecule has 0 unspecified atom stereocenters. The molecule has 26 heavy (non-hydrogen) atoms. The number of thioether (sulfide) groups is 1. The predicted octanol–water partition coefficient (Wildman–Crippen LogP) is 5.11. The maximum atomic E-state index is 6.27. The zero-order chi connectivity index (χ0) is 18.4. The SMILES string of the molecule is COCCn1c(Cc2ccccc2)nnc1SCc1ccc(Cl)cc1Cl. The quantitative estimate of drug-likeness (QED) is 0.486. The number of aromatic nitrogens is 3. The zero-order valence-electron chi connectivity index (χ0n) is 14.4. The van der Waals surface area contributed by atoms with Crippen molar-refractivity contribution in [2.24, 2.45) is 0 Å². The largest absolute Gasteiger partial charge is 0.383 e. The van der Waals surface area contributed by atoms with Crippen LogP contribution in [-0.2, 0) is 23.5 Å². The minimum Gasteiger partial charge on any atom is -0.383 e. The maximum Gasteiger partial charge on any atom is 0.191 e. The highest BCUT2D eigenvalue weighted by atomic mass is 35.5. The molecule has 0 atom stereocenters. The second kappa shape index (κ2) is 9.42. The van der Waals surface area contributed by atoms with Crippen molar-refractivity contribution in [2.45, 2.75) is 23.9 Å². The van der Waals surface area contributed by atoms with Crippen molar-refractivity contribution >= 4 is 35.0 Å². The summed E-state index contributed by atoms with van der Waals surface area (Å²) in [5.41, 5.74) is 2.22. The Hall–Kier alpha value is -1.53. The molecule has 0 spiro atoms. The van der Waals surface area contributed by atoms with Gasteiger partial charge in [-0.05, 0) is 23.3 Å². The zero-order valence-corrected chi connectivity index (χ0v) is 16.7. The van der Waals surface area contributed by atoms with Crippen molar-refractivity contribution in [1.82, 2.24) is 14.8 Å². The molecule has 0 radical (unpaired) electrons. The van der Waals surface area contributed by atoms with E-state index in [1.165, 1.54) is 5.56 Å². The minimum absolute atomic E-state index is 0.606. The molecule has 0 bridgehead atoms. The number of benzene rings is 2. The first-order valence-electron chi connectivity index (χ1n) is 8.19. The number of nitrogens with zero attached hydrogens (tertiary/aromatic N) is 3. The predicted molar refractivity (Wildman–Crippen MR) is 107 cm³/mol. The summed E-state index contributed by atoms with van der Waals surface area (Å²) in [5, 5.41) is 10.9. The molecule has 0 amide bonds. The summed E-state index contributed by atoms with van der Waals surface area (Å²) in [6.07, 6.45) is 0.736. The van der Waals surface area contributed by atoms with E-state index in [0.29, 0.717) is 28.9 Å². The van der Waals surface area contributed by atoms with Crippen molar-refractivity contribution in [1.29, 1.82) is 0 Å². The van der Waals surface area contributed by atoms with Gasteiger partial charge in [-0.1, -0.05) is 71.4 Å². The van der Waals surface area contributed by atoms with Crippen molar-refractivity contribution in [3.05, 3.63) is 75.5 Å². The molecule has 7 heteroatoms. The molecule has 1 aromatic heterocycles. The first-order chi connectivity index (χ1) is 12.7. The summed E-state index contributed by atoms with van der Waals surface area (Å²) >= 11 is 13.8. The fraction of sp³-hybridized carbons (Fsp3) is 0.263. The molecule has 0 fully saturated rings. The Morgan fingerprint density at radius 2 is 1.88 bits per heavy atom. The van der Waals surface area contributed by atoms with Crippen LogP contribution in [0.1, 0.15) is 17.0 Å². The molecule has 0 aliphatic heterocycles. The van der Waals surface area contributed by atoms with Crippen LogP contribution in [0.5, 0.6) is 0 Å². The molecule has 1 heterocycles. The van der Waals surface area contributed by atoms with Crippen LogP contribution in [0.25, 0.3) is 0 Å². The summed E-state index contributed by atoms with van der Waals surface area (Å²) in [6.45, 7) is 1.32. The van der Waals surface area contributed by atoms with Crippen molar-refractivity contribution in [2.75, 3.05) is 13.7 Å². The topological polar surface area (TPSA) is 39.9 Å². The number of ether oxygens (including phenoxy) is 1. The van der Waals surface area contributed by atoms with Crippen LogP contribution < -0.4 is 0 Å². The van der Waals surface area contributed by atoms with Crippen molar-refractivity contribution < 1.29 is 4.74 Å². The lowest BCUT2D eigenvalue weighted by molar-refractivity contribution is 0.184. The van der Waals surface area contributed by atoms with E-state index >= 15 is 0 Å². The smallest absolute Gasteiger partial charge is 0.191 e. The molecular weight excluding hydrogens is 389 g/mol. The molecule has 3 rings (SSSR count). The van der Waals surface area contributed by atoms with E-state index in [4.69, 9.17) is 27.9 Å². The van der Waals surface area contributed by atoms with Gasteiger partial charge in [-0.25, -0.2) is 0 Å². The highest BCUT2D eigenvalue weighted by Gasteiger charge is 2.14. The summed E-state index contributed by atoms with van der Waals surface area (Å²) in [5.74, 6) is 1.63. The Kier molecular flexibility index (Phi) is 6.97. The van der Waals surface area contributed by atoms with Gasteiger partial charge in [-0.2, -0.15) is 0 Å². The van der Waals surface area contributed by atoms with Crippen molar-refractivity contribution in [3.8, 4) is 0 Å². The van der Waals surface area contributed by atoms with E-state index in [1.807, 2.05) is 30.3 Å². The van der Waals surface area contributed by atoms with E-state index in [2.05, 4.69) is 26.9 Å². The van der Waals surface area contributed by atoms with Crippen LogP contribution >= 0.6 is 35.0 Å². The van der Waals surface area contributed by atoms with Gasteiger partial charge in [0, 0.05) is 35.9 Å². The van der Waals surface area contributed by atoms with Gasteiger partial charge < -0.3 is 9.30 Å². The van der Waals surface area contributed by atoms with Gasteiger partial charge in [-0.15, -0.1) is 10.2 Å². The average Bonchev–Trinajstić information content (AvgIpc) is 3.01. The maximum absolute atomic E-state index is 6.27. The molecule has 2 aromatic carbocycles. The Balaban J connectivity index is 1.77. The summed E-state index contributed by atoms with van der Waals surface area (Å²) in [4.78, 5) is 0. The lowest BCUT2D eigenvalue weighted by Gasteiger charge is -2.10. The lowest BCUT2D eigenvalue weighted by atomic mass is 10.1. The number of hydrogen-bond donors (Lipinski definition) is 0. The third-order valence-electron chi connectivity index (χ3n) is 3.89. The molecule has 0 aliphatic carbocycles. The molecule has 0 saturated heterocycles. The fourth-order valence-corrected chi connectivity index (χ4v) is 4.07. The second-order valence-corrected chi connectivity index (χ2v) is 7.52. The lowest BCUT2D eigenvalue weighted by Crippen LogP contribution is -2.10. The number of methoxy groups -OCH3 is 1. The summed E-state index contributed by atoms with van der Waals surface area (Å²) < 4.78 is 7.37. The van der Waals surface area contributed by atoms with Gasteiger partial charge in [0.05, 0.1) is 6.61 Å². The van der Waals surface area contributed by atoms with Crippen LogP contribution in [0.2, 0.25) is 10.0 Å². The Labute approximate surface area is 167 Å². The average molecular weight is 408 g/mol. The van der Waals surface area contributed by atoms with Crippen LogP contribution in [-0.4, -0.2) is 28.5 Å². The fourth-order valence-electron chi connectivity index (χ4n) is 2.52. The van der Waals surface area contributed by atoms with Crippen LogP contribution in [0, 0.1) is 0 Å². The summed E-state index contributed by atoms with van der Waals surface area (Å²) in [6, 6.07) is 15.8. The van der Waals surface area contributed by atoms with Crippen LogP contribution in [0.3, 0.4) is 0 Å². The molecule has 136 valence electrons. The van der Waals surface area contributed by atoms with E-state index < -0.39 is 0 Å². The number of halogens is 2. The van der Waals surface area contributed by atoms with E-state index in [9.17, 15) is 0 Å². The molecule has 0 saturated carbocycles. The van der Waals surface area contributed by atoms with E-state index in [1.54, 1.807) is 24.9 Å². The van der Waals surface area contributed by atoms with Gasteiger partial charge >= 0.3 is 0 Å². The monoisotopic (exact) mass is 407 g/mol. The summed E-state index contributed by atoms with van der Waals surface area (Å²) in [7, 11) is 1.70. The number of rotatable bonds is 8. The molecule has 0 aliphatic rings. The van der Waals surface area contributed by atoms with Crippen LogP contribution in [0.15, 0.2) is 53.7 Å². The molecule has 3 aromatic rings. The Morgan fingerprint density at radius 1 is 1.08 bits per heavy atom. The first kappa shape index (κ1) is 19.2. The highest BCUT2D eigenvalue weighted by molar-refractivity contribution is 7.98. The third kappa shape index (κ3) is 5.01. The molecular formula is C19H19Cl2N3OS. The van der Waals surface area contributed by atoms with Crippen LogP contribution in [0.4, 0.5) is 0 Å². The Bertz CT molecular complexity index is 855. The molecule has 0 N–H and O–H groups in total. The minimum atomic E-state index is 0.606. The normalized spacial score (nSPS) is 11.0.